The number of carbonyl (C=O) groups excluding carboxylic acids is 2. The summed E-state index contributed by atoms with van der Waals surface area (Å²) in [6.07, 6.45) is -3.03. The summed E-state index contributed by atoms with van der Waals surface area (Å²) in [6.45, 7) is 6.75. The molecule has 0 bridgehead atoms. The van der Waals surface area contributed by atoms with Gasteiger partial charge in [-0.15, -0.1) is 0 Å². The van der Waals surface area contributed by atoms with Gasteiger partial charge in [-0.25, -0.2) is 0 Å². The molecule has 1 aromatic carbocycles. The molecular formula is C20H28F3N3O3. The van der Waals surface area contributed by atoms with Crippen molar-refractivity contribution in [2.24, 2.45) is 5.92 Å². The van der Waals surface area contributed by atoms with Crippen LogP contribution in [0.4, 0.5) is 18.9 Å². The zero-order valence-corrected chi connectivity index (χ0v) is 16.8. The first-order valence-electron chi connectivity index (χ1n) is 9.83. The van der Waals surface area contributed by atoms with E-state index in [0.29, 0.717) is 32.8 Å². The number of anilines is 1. The first kappa shape index (κ1) is 23.2. The molecule has 1 saturated heterocycles. The number of benzene rings is 1. The van der Waals surface area contributed by atoms with E-state index in [1.165, 1.54) is 6.07 Å². The number of amides is 2. The van der Waals surface area contributed by atoms with Gasteiger partial charge in [0.2, 0.25) is 5.91 Å². The maximum Gasteiger partial charge on any atom is 0.416 e. The van der Waals surface area contributed by atoms with E-state index in [1.807, 2.05) is 18.7 Å². The normalized spacial score (nSPS) is 15.4. The van der Waals surface area contributed by atoms with Crippen molar-refractivity contribution < 1.29 is 27.5 Å². The fourth-order valence-corrected chi connectivity index (χ4v) is 3.13. The number of hydrogen-bond acceptors (Lipinski definition) is 4. The summed E-state index contributed by atoms with van der Waals surface area (Å²) in [6, 6.07) is 2.92. The molecule has 1 aliphatic rings. The molecule has 162 valence electrons. The molecule has 0 atom stereocenters. The molecule has 29 heavy (non-hydrogen) atoms. The number of halogens is 3. The van der Waals surface area contributed by atoms with Crippen molar-refractivity contribution in [2.45, 2.75) is 32.9 Å². The molecule has 0 unspecified atom stereocenters. The van der Waals surface area contributed by atoms with Crippen LogP contribution in [-0.4, -0.2) is 56.1 Å². The van der Waals surface area contributed by atoms with Crippen LogP contribution in [0.2, 0.25) is 0 Å². The minimum Gasteiger partial charge on any atom is -0.381 e. The molecule has 2 rings (SSSR count). The number of nitrogens with one attached hydrogen (secondary N) is 2. The Morgan fingerprint density at radius 2 is 1.79 bits per heavy atom. The molecule has 0 radical (unpaired) electrons. The highest BCUT2D eigenvalue weighted by atomic mass is 19.4. The molecule has 6 nitrogen and oxygen atoms in total. The Labute approximate surface area is 168 Å². The smallest absolute Gasteiger partial charge is 0.381 e. The van der Waals surface area contributed by atoms with Gasteiger partial charge in [-0.2, -0.15) is 13.2 Å². The van der Waals surface area contributed by atoms with Crippen LogP contribution < -0.4 is 10.6 Å². The van der Waals surface area contributed by atoms with Crippen molar-refractivity contribution in [1.29, 1.82) is 0 Å². The Morgan fingerprint density at radius 3 is 2.38 bits per heavy atom. The fourth-order valence-electron chi connectivity index (χ4n) is 3.13. The van der Waals surface area contributed by atoms with Crippen LogP contribution in [0.25, 0.3) is 0 Å². The minimum absolute atomic E-state index is 0.0480. The van der Waals surface area contributed by atoms with E-state index < -0.39 is 23.6 Å². The molecule has 1 aromatic rings. The highest BCUT2D eigenvalue weighted by Crippen LogP contribution is 2.32. The average molecular weight is 415 g/mol. The maximum absolute atomic E-state index is 13.3. The van der Waals surface area contributed by atoms with Gasteiger partial charge in [0.15, 0.2) is 0 Å². The first-order valence-corrected chi connectivity index (χ1v) is 9.83. The van der Waals surface area contributed by atoms with Crippen LogP contribution in [0, 0.1) is 5.92 Å². The Morgan fingerprint density at radius 1 is 1.14 bits per heavy atom. The summed E-state index contributed by atoms with van der Waals surface area (Å²) in [5, 5.41) is 5.17. The minimum atomic E-state index is -4.63. The Hall–Kier alpha value is -2.13. The van der Waals surface area contributed by atoms with Gasteiger partial charge in [0.25, 0.3) is 5.91 Å². The van der Waals surface area contributed by atoms with Crippen LogP contribution in [0.3, 0.4) is 0 Å². The molecule has 9 heteroatoms. The molecular weight excluding hydrogens is 387 g/mol. The van der Waals surface area contributed by atoms with Gasteiger partial charge in [0.1, 0.15) is 0 Å². The molecule has 2 amide bonds. The van der Waals surface area contributed by atoms with Gasteiger partial charge in [0.05, 0.1) is 12.1 Å². The molecule has 1 fully saturated rings. The highest BCUT2D eigenvalue weighted by Gasteiger charge is 2.32. The largest absolute Gasteiger partial charge is 0.416 e. The van der Waals surface area contributed by atoms with Crippen molar-refractivity contribution in [3.05, 3.63) is 29.3 Å². The van der Waals surface area contributed by atoms with Gasteiger partial charge in [0, 0.05) is 31.0 Å². The number of hydrogen-bond donors (Lipinski definition) is 2. The van der Waals surface area contributed by atoms with Crippen molar-refractivity contribution >= 4 is 17.5 Å². The van der Waals surface area contributed by atoms with Crippen LogP contribution >= 0.6 is 0 Å². The summed E-state index contributed by atoms with van der Waals surface area (Å²) >= 11 is 0. The van der Waals surface area contributed by atoms with E-state index in [9.17, 15) is 22.8 Å². The van der Waals surface area contributed by atoms with Gasteiger partial charge < -0.3 is 15.4 Å². The third kappa shape index (κ3) is 7.32. The average Bonchev–Trinajstić information content (AvgIpc) is 2.70. The van der Waals surface area contributed by atoms with E-state index in [1.54, 1.807) is 0 Å². The zero-order valence-electron chi connectivity index (χ0n) is 16.8. The monoisotopic (exact) mass is 415 g/mol. The van der Waals surface area contributed by atoms with Crippen molar-refractivity contribution in [3.63, 3.8) is 0 Å². The molecule has 0 saturated carbocycles. The van der Waals surface area contributed by atoms with E-state index >= 15 is 0 Å². The highest BCUT2D eigenvalue weighted by molar-refractivity contribution is 5.98. The number of nitrogens with zero attached hydrogens (tertiary/aromatic N) is 1. The van der Waals surface area contributed by atoms with E-state index in [-0.39, 0.29) is 23.7 Å². The quantitative estimate of drug-likeness (QED) is 0.684. The van der Waals surface area contributed by atoms with Crippen LogP contribution in [0.15, 0.2) is 18.2 Å². The van der Waals surface area contributed by atoms with Crippen LogP contribution in [0.1, 0.15) is 42.6 Å². The summed E-state index contributed by atoms with van der Waals surface area (Å²) in [7, 11) is 0. The van der Waals surface area contributed by atoms with Gasteiger partial charge in [-0.05, 0) is 50.0 Å². The zero-order chi connectivity index (χ0) is 21.4. The summed E-state index contributed by atoms with van der Waals surface area (Å²) in [4.78, 5) is 26.5. The Bertz CT molecular complexity index is 700. The lowest BCUT2D eigenvalue weighted by Crippen LogP contribution is -2.33. The molecule has 0 aromatic heterocycles. The topological polar surface area (TPSA) is 70.7 Å². The molecule has 0 spiro atoms. The standard InChI is InChI=1S/C20H28F3N3O3/c1-3-26(4-2)13-18(27)25-17-10-15(9-16(11-17)20(21,22)23)19(28)24-12-14-5-7-29-8-6-14/h9-11,14H,3-8,12-13H2,1-2H3,(H,24,28)(H,25,27). The van der Waals surface area contributed by atoms with Crippen molar-refractivity contribution in [3.8, 4) is 0 Å². The van der Waals surface area contributed by atoms with Crippen LogP contribution in [-0.2, 0) is 15.7 Å². The predicted octanol–water partition coefficient (Wildman–Crippen LogP) is 3.14. The summed E-state index contributed by atoms with van der Waals surface area (Å²) in [5.41, 5.74) is -1.16. The summed E-state index contributed by atoms with van der Waals surface area (Å²) < 4.78 is 45.1. The Kier molecular flexibility index (Phi) is 8.45. The SMILES string of the molecule is CCN(CC)CC(=O)Nc1cc(C(=O)NCC2CCOCC2)cc(C(F)(F)F)c1. The number of ether oxygens (including phenoxy) is 1. The second-order valence-corrected chi connectivity index (χ2v) is 7.07. The van der Waals surface area contributed by atoms with E-state index in [0.717, 1.165) is 25.0 Å². The second-order valence-electron chi connectivity index (χ2n) is 7.07. The lowest BCUT2D eigenvalue weighted by molar-refractivity contribution is -0.137. The molecule has 1 heterocycles. The number of likely N-dealkylation sites (N-methyl/N-ethyl adjacent to an activating group) is 1. The van der Waals surface area contributed by atoms with Crippen molar-refractivity contribution in [2.75, 3.05) is 44.7 Å². The van der Waals surface area contributed by atoms with E-state index in [4.69, 9.17) is 4.74 Å². The predicted molar refractivity (Wildman–Crippen MR) is 104 cm³/mol. The third-order valence-corrected chi connectivity index (χ3v) is 4.96. The molecule has 2 N–H and O–H groups in total. The lowest BCUT2D eigenvalue weighted by atomic mass is 10.00. The van der Waals surface area contributed by atoms with Gasteiger partial charge in [-0.3, -0.25) is 14.5 Å². The van der Waals surface area contributed by atoms with Gasteiger partial charge >= 0.3 is 6.18 Å². The van der Waals surface area contributed by atoms with E-state index in [2.05, 4.69) is 10.6 Å². The van der Waals surface area contributed by atoms with Crippen LogP contribution in [0.5, 0.6) is 0 Å². The fraction of sp³-hybridized carbons (Fsp3) is 0.600. The molecule has 1 aliphatic heterocycles. The first-order chi connectivity index (χ1) is 13.7. The molecule has 0 aliphatic carbocycles. The number of carbonyl (C=O) groups is 2. The number of alkyl halides is 3. The maximum atomic E-state index is 13.3. The summed E-state index contributed by atoms with van der Waals surface area (Å²) in [5.74, 6) is -0.782. The third-order valence-electron chi connectivity index (χ3n) is 4.96. The number of rotatable bonds is 8. The second kappa shape index (κ2) is 10.6. The van der Waals surface area contributed by atoms with Crippen molar-refractivity contribution in [1.82, 2.24) is 10.2 Å². The Balaban J connectivity index is 2.12. The lowest BCUT2D eigenvalue weighted by Gasteiger charge is -2.22. The van der Waals surface area contributed by atoms with Gasteiger partial charge in [-0.1, -0.05) is 13.8 Å².